The van der Waals surface area contributed by atoms with E-state index in [0.29, 0.717) is 6.04 Å². The lowest BCUT2D eigenvalue weighted by molar-refractivity contribution is -0.137. The second-order valence-corrected chi connectivity index (χ2v) is 5.96. The molecule has 1 aromatic carbocycles. The fourth-order valence-electron chi connectivity index (χ4n) is 2.84. The van der Waals surface area contributed by atoms with Gasteiger partial charge >= 0.3 is 6.18 Å². The Hall–Kier alpha value is -1.03. The number of benzene rings is 1. The standard InChI is InChI=1S/C16H22F3N/c1-11-3-9-15(10-4-11)20-12(2)13-5-7-14(8-6-13)16(17,18)19/h5-8,11-12,15,20H,3-4,9-10H2,1-2H3. The summed E-state index contributed by atoms with van der Waals surface area (Å²) in [6, 6.07) is 6.06. The van der Waals surface area contributed by atoms with Gasteiger partial charge in [0.1, 0.15) is 0 Å². The van der Waals surface area contributed by atoms with E-state index in [4.69, 9.17) is 0 Å². The maximum atomic E-state index is 12.5. The molecule has 0 bridgehead atoms. The first-order valence-electron chi connectivity index (χ1n) is 7.29. The highest BCUT2D eigenvalue weighted by Crippen LogP contribution is 2.30. The summed E-state index contributed by atoms with van der Waals surface area (Å²) >= 11 is 0. The fourth-order valence-corrected chi connectivity index (χ4v) is 2.84. The third kappa shape index (κ3) is 3.98. The van der Waals surface area contributed by atoms with Gasteiger partial charge in [0.25, 0.3) is 0 Å². The van der Waals surface area contributed by atoms with Crippen molar-refractivity contribution in [2.75, 3.05) is 0 Å². The van der Waals surface area contributed by atoms with Gasteiger partial charge in [0.2, 0.25) is 0 Å². The average molecular weight is 285 g/mol. The largest absolute Gasteiger partial charge is 0.416 e. The molecule has 112 valence electrons. The van der Waals surface area contributed by atoms with E-state index in [9.17, 15) is 13.2 Å². The molecule has 0 amide bonds. The molecule has 1 fully saturated rings. The molecule has 0 heterocycles. The molecule has 1 aliphatic carbocycles. The maximum absolute atomic E-state index is 12.5. The Kier molecular flexibility index (Phi) is 4.74. The van der Waals surface area contributed by atoms with Crippen LogP contribution in [0.2, 0.25) is 0 Å². The SMILES string of the molecule is CC1CCC(NC(C)c2ccc(C(F)(F)F)cc2)CC1. The number of alkyl halides is 3. The minimum absolute atomic E-state index is 0.0932. The summed E-state index contributed by atoms with van der Waals surface area (Å²) in [5.41, 5.74) is 0.330. The van der Waals surface area contributed by atoms with Gasteiger partial charge in [-0.15, -0.1) is 0 Å². The van der Waals surface area contributed by atoms with Gasteiger partial charge in [0.05, 0.1) is 5.56 Å². The van der Waals surface area contributed by atoms with Crippen LogP contribution in [0.1, 0.15) is 56.7 Å². The van der Waals surface area contributed by atoms with Crippen molar-refractivity contribution in [3.63, 3.8) is 0 Å². The quantitative estimate of drug-likeness (QED) is 0.830. The maximum Gasteiger partial charge on any atom is 0.416 e. The van der Waals surface area contributed by atoms with Crippen LogP contribution < -0.4 is 5.32 Å². The van der Waals surface area contributed by atoms with Gasteiger partial charge < -0.3 is 5.32 Å². The van der Waals surface area contributed by atoms with Crippen molar-refractivity contribution in [2.45, 2.75) is 57.8 Å². The summed E-state index contributed by atoms with van der Waals surface area (Å²) in [4.78, 5) is 0. The first-order valence-corrected chi connectivity index (χ1v) is 7.29. The topological polar surface area (TPSA) is 12.0 Å². The molecular formula is C16H22F3N. The zero-order valence-electron chi connectivity index (χ0n) is 12.0. The van der Waals surface area contributed by atoms with Gasteiger partial charge in [-0.2, -0.15) is 13.2 Å². The van der Waals surface area contributed by atoms with Gasteiger partial charge in [-0.05, 0) is 56.2 Å². The van der Waals surface area contributed by atoms with Crippen LogP contribution >= 0.6 is 0 Å². The minimum Gasteiger partial charge on any atom is -0.307 e. The van der Waals surface area contributed by atoms with Gasteiger partial charge in [0.15, 0.2) is 0 Å². The van der Waals surface area contributed by atoms with Crippen molar-refractivity contribution >= 4 is 0 Å². The third-order valence-electron chi connectivity index (χ3n) is 4.24. The second-order valence-electron chi connectivity index (χ2n) is 5.96. The molecule has 1 nitrogen and oxygen atoms in total. The number of halogens is 3. The van der Waals surface area contributed by atoms with Crippen molar-refractivity contribution < 1.29 is 13.2 Å². The molecule has 0 radical (unpaired) electrons. The summed E-state index contributed by atoms with van der Waals surface area (Å²) in [5, 5.41) is 3.53. The third-order valence-corrected chi connectivity index (χ3v) is 4.24. The molecule has 0 spiro atoms. The van der Waals surface area contributed by atoms with Gasteiger partial charge in [-0.25, -0.2) is 0 Å². The predicted molar refractivity (Wildman–Crippen MR) is 74.4 cm³/mol. The summed E-state index contributed by atoms with van der Waals surface area (Å²) in [5.74, 6) is 0.800. The summed E-state index contributed by atoms with van der Waals surface area (Å²) in [6.07, 6.45) is 0.530. The predicted octanol–water partition coefficient (Wildman–Crippen LogP) is 4.93. The molecule has 0 aromatic heterocycles. The molecule has 20 heavy (non-hydrogen) atoms. The van der Waals surface area contributed by atoms with Crippen LogP contribution in [-0.2, 0) is 6.18 Å². The first-order chi connectivity index (χ1) is 9.36. The lowest BCUT2D eigenvalue weighted by Gasteiger charge is -2.30. The Morgan fingerprint density at radius 3 is 2.10 bits per heavy atom. The van der Waals surface area contributed by atoms with Crippen molar-refractivity contribution in [2.24, 2.45) is 5.92 Å². The highest BCUT2D eigenvalue weighted by atomic mass is 19.4. The molecule has 2 rings (SSSR count). The molecule has 1 N–H and O–H groups in total. The summed E-state index contributed by atoms with van der Waals surface area (Å²) in [7, 11) is 0. The Bertz CT molecular complexity index is 416. The minimum atomic E-state index is -4.26. The summed E-state index contributed by atoms with van der Waals surface area (Å²) in [6.45, 7) is 4.29. The van der Waals surface area contributed by atoms with Crippen molar-refractivity contribution in [1.82, 2.24) is 5.32 Å². The average Bonchev–Trinajstić information content (AvgIpc) is 2.40. The van der Waals surface area contributed by atoms with E-state index in [1.165, 1.54) is 12.8 Å². The summed E-state index contributed by atoms with van der Waals surface area (Å²) < 4.78 is 37.5. The van der Waals surface area contributed by atoms with Crippen LogP contribution in [0, 0.1) is 5.92 Å². The molecule has 4 heteroatoms. The lowest BCUT2D eigenvalue weighted by Crippen LogP contribution is -2.34. The van der Waals surface area contributed by atoms with Crippen LogP contribution in [0.4, 0.5) is 13.2 Å². The number of rotatable bonds is 3. The van der Waals surface area contributed by atoms with E-state index in [1.807, 2.05) is 6.92 Å². The van der Waals surface area contributed by atoms with Crippen molar-refractivity contribution in [1.29, 1.82) is 0 Å². The van der Waals surface area contributed by atoms with E-state index in [2.05, 4.69) is 12.2 Å². The van der Waals surface area contributed by atoms with E-state index in [-0.39, 0.29) is 6.04 Å². The molecule has 1 aromatic rings. The van der Waals surface area contributed by atoms with E-state index >= 15 is 0 Å². The highest BCUT2D eigenvalue weighted by Gasteiger charge is 2.30. The Morgan fingerprint density at radius 1 is 1.05 bits per heavy atom. The van der Waals surface area contributed by atoms with Gasteiger partial charge in [-0.1, -0.05) is 19.1 Å². The van der Waals surface area contributed by atoms with Crippen molar-refractivity contribution in [3.8, 4) is 0 Å². The number of hydrogen-bond acceptors (Lipinski definition) is 1. The van der Waals surface area contributed by atoms with Crippen LogP contribution in [-0.4, -0.2) is 6.04 Å². The monoisotopic (exact) mass is 285 g/mol. The van der Waals surface area contributed by atoms with E-state index in [0.717, 1.165) is 36.5 Å². The fraction of sp³-hybridized carbons (Fsp3) is 0.625. The van der Waals surface area contributed by atoms with E-state index in [1.54, 1.807) is 12.1 Å². The van der Waals surface area contributed by atoms with E-state index < -0.39 is 11.7 Å². The molecule has 0 saturated heterocycles. The zero-order chi connectivity index (χ0) is 14.8. The van der Waals surface area contributed by atoms with Gasteiger partial charge in [-0.3, -0.25) is 0 Å². The normalized spacial score (nSPS) is 25.4. The van der Waals surface area contributed by atoms with Gasteiger partial charge in [0, 0.05) is 12.1 Å². The molecule has 1 saturated carbocycles. The molecule has 0 aliphatic heterocycles. The Balaban J connectivity index is 1.94. The number of nitrogens with one attached hydrogen (secondary N) is 1. The smallest absolute Gasteiger partial charge is 0.307 e. The van der Waals surface area contributed by atoms with Crippen LogP contribution in [0.15, 0.2) is 24.3 Å². The lowest BCUT2D eigenvalue weighted by atomic mass is 9.87. The first kappa shape index (κ1) is 15.4. The molecule has 1 unspecified atom stereocenters. The molecular weight excluding hydrogens is 263 g/mol. The van der Waals surface area contributed by atoms with Crippen LogP contribution in [0.25, 0.3) is 0 Å². The van der Waals surface area contributed by atoms with Crippen LogP contribution in [0.3, 0.4) is 0 Å². The number of hydrogen-bond donors (Lipinski definition) is 1. The molecule has 1 atom stereocenters. The highest BCUT2D eigenvalue weighted by molar-refractivity contribution is 5.26. The second kappa shape index (κ2) is 6.17. The Labute approximate surface area is 118 Å². The zero-order valence-corrected chi connectivity index (χ0v) is 12.0. The van der Waals surface area contributed by atoms with Crippen LogP contribution in [0.5, 0.6) is 0 Å². The van der Waals surface area contributed by atoms with Crippen molar-refractivity contribution in [3.05, 3.63) is 35.4 Å². The Morgan fingerprint density at radius 2 is 1.60 bits per heavy atom. The molecule has 1 aliphatic rings.